The summed E-state index contributed by atoms with van der Waals surface area (Å²) in [6.45, 7) is 0. The molecule has 0 spiro atoms. The van der Waals surface area contributed by atoms with Crippen LogP contribution in [0.1, 0.15) is 5.56 Å². The van der Waals surface area contributed by atoms with Crippen LogP contribution in [0.2, 0.25) is 0 Å². The molecule has 0 aliphatic heterocycles. The summed E-state index contributed by atoms with van der Waals surface area (Å²) in [5.41, 5.74) is 5.51. The number of benzene rings is 2. The molecule has 0 bridgehead atoms. The normalized spacial score (nSPS) is 11.1. The van der Waals surface area contributed by atoms with E-state index in [4.69, 9.17) is 0 Å². The van der Waals surface area contributed by atoms with Crippen LogP contribution in [0.4, 0.5) is 9.52 Å². The van der Waals surface area contributed by atoms with Crippen LogP contribution in [0.25, 0.3) is 11.3 Å². The second-order valence-electron chi connectivity index (χ2n) is 4.56. The number of anilines is 1. The van der Waals surface area contributed by atoms with Crippen molar-refractivity contribution in [2.45, 2.75) is 0 Å². The average Bonchev–Trinajstić information content (AvgIpc) is 3.02. The standard InChI is InChI=1S/C16H10BrFIN3S/c17-15-11(6-12(18)7-13(15)19)8-20-22-16-21-14(9-23-16)10-4-2-1-3-5-10/h1-9H,(H,21,22). The first kappa shape index (κ1) is 16.5. The van der Waals surface area contributed by atoms with Gasteiger partial charge >= 0.3 is 0 Å². The molecule has 0 fully saturated rings. The summed E-state index contributed by atoms with van der Waals surface area (Å²) in [6, 6.07) is 12.8. The lowest BCUT2D eigenvalue weighted by molar-refractivity contribution is 0.626. The van der Waals surface area contributed by atoms with Gasteiger partial charge in [0.25, 0.3) is 0 Å². The summed E-state index contributed by atoms with van der Waals surface area (Å²) in [4.78, 5) is 4.48. The predicted octanol–water partition coefficient (Wildman–Crippen LogP) is 5.76. The summed E-state index contributed by atoms with van der Waals surface area (Å²) >= 11 is 6.97. The van der Waals surface area contributed by atoms with Crippen LogP contribution in [0.3, 0.4) is 0 Å². The van der Waals surface area contributed by atoms with Gasteiger partial charge in [-0.15, -0.1) is 11.3 Å². The van der Waals surface area contributed by atoms with Gasteiger partial charge in [-0.05, 0) is 50.7 Å². The molecule has 3 nitrogen and oxygen atoms in total. The number of thiazole rings is 1. The molecule has 23 heavy (non-hydrogen) atoms. The van der Waals surface area contributed by atoms with Gasteiger partial charge in [0.2, 0.25) is 5.13 Å². The fraction of sp³-hybridized carbons (Fsp3) is 0. The molecular formula is C16H10BrFIN3S. The van der Waals surface area contributed by atoms with Crippen LogP contribution in [-0.2, 0) is 0 Å². The van der Waals surface area contributed by atoms with Crippen LogP contribution < -0.4 is 5.43 Å². The van der Waals surface area contributed by atoms with Gasteiger partial charge < -0.3 is 0 Å². The number of hydrazone groups is 1. The third-order valence-electron chi connectivity index (χ3n) is 2.96. The van der Waals surface area contributed by atoms with E-state index in [1.807, 2.05) is 35.7 Å². The van der Waals surface area contributed by atoms with Crippen molar-refractivity contribution < 1.29 is 4.39 Å². The van der Waals surface area contributed by atoms with Crippen molar-refractivity contribution in [3.63, 3.8) is 0 Å². The fourth-order valence-electron chi connectivity index (χ4n) is 1.89. The SMILES string of the molecule is Fc1cc(I)c(Br)c(C=NNc2nc(-c3ccccc3)cs2)c1. The van der Waals surface area contributed by atoms with E-state index in [2.05, 4.69) is 54.0 Å². The highest BCUT2D eigenvalue weighted by molar-refractivity contribution is 14.1. The van der Waals surface area contributed by atoms with E-state index in [0.717, 1.165) is 19.3 Å². The van der Waals surface area contributed by atoms with E-state index in [1.165, 1.54) is 23.5 Å². The molecular weight excluding hydrogens is 492 g/mol. The van der Waals surface area contributed by atoms with Crippen LogP contribution >= 0.6 is 49.9 Å². The first-order chi connectivity index (χ1) is 11.1. The molecule has 0 amide bonds. The van der Waals surface area contributed by atoms with Crippen molar-refractivity contribution >= 4 is 61.2 Å². The number of nitrogens with one attached hydrogen (secondary N) is 1. The highest BCUT2D eigenvalue weighted by Crippen LogP contribution is 2.25. The highest BCUT2D eigenvalue weighted by Gasteiger charge is 2.06. The minimum Gasteiger partial charge on any atom is -0.253 e. The summed E-state index contributed by atoms with van der Waals surface area (Å²) in [5.74, 6) is -0.292. The molecule has 0 unspecified atom stereocenters. The molecule has 0 saturated heterocycles. The van der Waals surface area contributed by atoms with E-state index >= 15 is 0 Å². The molecule has 0 aliphatic rings. The Balaban J connectivity index is 1.73. The Morgan fingerprint density at radius 3 is 2.83 bits per heavy atom. The first-order valence-electron chi connectivity index (χ1n) is 6.58. The molecule has 0 atom stereocenters. The van der Waals surface area contributed by atoms with E-state index in [9.17, 15) is 4.39 Å². The number of aromatic nitrogens is 1. The zero-order valence-electron chi connectivity index (χ0n) is 11.6. The molecule has 7 heteroatoms. The van der Waals surface area contributed by atoms with E-state index in [0.29, 0.717) is 10.7 Å². The lowest BCUT2D eigenvalue weighted by atomic mass is 10.2. The van der Waals surface area contributed by atoms with Crippen molar-refractivity contribution in [3.8, 4) is 11.3 Å². The van der Waals surface area contributed by atoms with Crippen molar-refractivity contribution in [1.29, 1.82) is 0 Å². The van der Waals surface area contributed by atoms with Crippen molar-refractivity contribution in [1.82, 2.24) is 4.98 Å². The number of nitrogens with zero attached hydrogens (tertiary/aromatic N) is 2. The van der Waals surface area contributed by atoms with Gasteiger partial charge in [-0.2, -0.15) is 5.10 Å². The fourth-order valence-corrected chi connectivity index (χ4v) is 3.50. The number of rotatable bonds is 4. The largest absolute Gasteiger partial charge is 0.253 e. The highest BCUT2D eigenvalue weighted by atomic mass is 127. The second kappa shape index (κ2) is 7.50. The molecule has 0 saturated carbocycles. The molecule has 116 valence electrons. The van der Waals surface area contributed by atoms with Gasteiger partial charge in [0.15, 0.2) is 0 Å². The smallest absolute Gasteiger partial charge is 0.203 e. The zero-order chi connectivity index (χ0) is 16.2. The number of hydrogen-bond donors (Lipinski definition) is 1. The lowest BCUT2D eigenvalue weighted by Gasteiger charge is -2.01. The second-order valence-corrected chi connectivity index (χ2v) is 7.38. The van der Waals surface area contributed by atoms with Crippen LogP contribution in [0, 0.1) is 9.39 Å². The maximum absolute atomic E-state index is 13.4. The number of hydrogen-bond acceptors (Lipinski definition) is 4. The van der Waals surface area contributed by atoms with Crippen molar-refractivity contribution in [3.05, 3.63) is 67.3 Å². The van der Waals surface area contributed by atoms with Gasteiger partial charge in [0.05, 0.1) is 11.9 Å². The van der Waals surface area contributed by atoms with E-state index < -0.39 is 0 Å². The van der Waals surface area contributed by atoms with Gasteiger partial charge in [-0.3, -0.25) is 5.43 Å². The molecule has 3 rings (SSSR count). The average molecular weight is 502 g/mol. The Morgan fingerprint density at radius 1 is 1.26 bits per heavy atom. The van der Waals surface area contributed by atoms with Crippen LogP contribution in [-0.4, -0.2) is 11.2 Å². The van der Waals surface area contributed by atoms with Crippen LogP contribution in [0.15, 0.2) is 57.4 Å². The monoisotopic (exact) mass is 501 g/mol. The lowest BCUT2D eigenvalue weighted by Crippen LogP contribution is -1.93. The summed E-state index contributed by atoms with van der Waals surface area (Å²) < 4.78 is 15.0. The molecule has 1 N–H and O–H groups in total. The minimum atomic E-state index is -0.292. The Morgan fingerprint density at radius 2 is 2.04 bits per heavy atom. The summed E-state index contributed by atoms with van der Waals surface area (Å²) in [6.07, 6.45) is 1.57. The summed E-state index contributed by atoms with van der Waals surface area (Å²) in [7, 11) is 0. The Kier molecular flexibility index (Phi) is 5.39. The third kappa shape index (κ3) is 4.15. The Hall–Kier alpha value is -1.32. The van der Waals surface area contributed by atoms with Crippen LogP contribution in [0.5, 0.6) is 0 Å². The summed E-state index contributed by atoms with van der Waals surface area (Å²) in [5, 5.41) is 6.78. The zero-order valence-corrected chi connectivity index (χ0v) is 16.2. The Bertz CT molecular complexity index is 852. The minimum absolute atomic E-state index is 0.292. The van der Waals surface area contributed by atoms with Crippen molar-refractivity contribution in [2.24, 2.45) is 5.10 Å². The molecule has 2 aromatic carbocycles. The van der Waals surface area contributed by atoms with Crippen molar-refractivity contribution in [2.75, 3.05) is 5.43 Å². The van der Waals surface area contributed by atoms with Gasteiger partial charge in [-0.25, -0.2) is 9.37 Å². The van der Waals surface area contributed by atoms with E-state index in [-0.39, 0.29) is 5.82 Å². The molecule has 1 heterocycles. The predicted molar refractivity (Wildman–Crippen MR) is 106 cm³/mol. The van der Waals surface area contributed by atoms with Gasteiger partial charge in [0, 0.05) is 24.5 Å². The topological polar surface area (TPSA) is 37.3 Å². The molecule has 0 aliphatic carbocycles. The Labute approximate surface area is 158 Å². The molecule has 0 radical (unpaired) electrons. The molecule has 3 aromatic rings. The molecule has 1 aromatic heterocycles. The maximum atomic E-state index is 13.4. The first-order valence-corrected chi connectivity index (χ1v) is 9.33. The van der Waals surface area contributed by atoms with Gasteiger partial charge in [0.1, 0.15) is 5.82 Å². The quantitative estimate of drug-likeness (QED) is 0.213. The third-order valence-corrected chi connectivity index (χ3v) is 6.18. The number of halogens is 3. The van der Waals surface area contributed by atoms with Gasteiger partial charge in [-0.1, -0.05) is 30.3 Å². The maximum Gasteiger partial charge on any atom is 0.203 e. The van der Waals surface area contributed by atoms with E-state index in [1.54, 1.807) is 6.21 Å².